The third kappa shape index (κ3) is 9.16. The fourth-order valence-electron chi connectivity index (χ4n) is 8.03. The zero-order chi connectivity index (χ0) is 43.9. The maximum Gasteiger partial charge on any atom is 0.351 e. The molecule has 3 heterocycles. The predicted octanol–water partition coefficient (Wildman–Crippen LogP) is 7.85. The van der Waals surface area contributed by atoms with Gasteiger partial charge in [-0.3, -0.25) is 9.36 Å². The largest absolute Gasteiger partial charge is 0.497 e. The normalized spacial score (nSPS) is 20.0. The van der Waals surface area contributed by atoms with Gasteiger partial charge in [0.1, 0.15) is 40.7 Å². The molecule has 62 heavy (non-hydrogen) atoms. The number of aromatic nitrogens is 2. The Morgan fingerprint density at radius 1 is 0.903 bits per heavy atom. The zero-order valence-corrected chi connectivity index (χ0v) is 36.6. The predicted molar refractivity (Wildman–Crippen MR) is 234 cm³/mol. The molecule has 2 aliphatic heterocycles. The van der Waals surface area contributed by atoms with Crippen LogP contribution in [0.4, 0.5) is 5.82 Å². The number of fused-ring (bicyclic) bond motifs is 2. The van der Waals surface area contributed by atoms with Crippen LogP contribution in [0.1, 0.15) is 67.4 Å². The molecule has 15 heteroatoms. The number of rotatable bonds is 19. The van der Waals surface area contributed by atoms with E-state index in [0.29, 0.717) is 17.1 Å². The number of amides is 1. The summed E-state index contributed by atoms with van der Waals surface area (Å²) in [5, 5.41) is 12.2. The maximum atomic E-state index is 13.9. The molecule has 2 unspecified atom stereocenters. The van der Waals surface area contributed by atoms with Gasteiger partial charge >= 0.3 is 5.69 Å². The molecule has 5 aromatic rings. The van der Waals surface area contributed by atoms with Crippen molar-refractivity contribution in [2.45, 2.75) is 75.8 Å². The summed E-state index contributed by atoms with van der Waals surface area (Å²) < 4.78 is 49.1. The van der Waals surface area contributed by atoms with Gasteiger partial charge in [0.05, 0.1) is 46.5 Å². The topological polar surface area (TPSA) is 156 Å². The second-order valence-electron chi connectivity index (χ2n) is 15.5. The molecule has 0 aliphatic carbocycles. The fraction of sp³-hybridized carbons (Fsp3) is 0.362. The molecule has 7 rings (SSSR count). The van der Waals surface area contributed by atoms with E-state index >= 15 is 0 Å². The first-order valence-electron chi connectivity index (χ1n) is 20.5. The fourth-order valence-corrected chi connectivity index (χ4v) is 9.84. The molecule has 0 radical (unpaired) electrons. The van der Waals surface area contributed by atoms with Crippen molar-refractivity contribution >= 4 is 20.3 Å². The first kappa shape index (κ1) is 44.6. The Labute approximate surface area is 363 Å². The first-order valence-corrected chi connectivity index (χ1v) is 21.6. The lowest BCUT2D eigenvalue weighted by Gasteiger charge is -2.41. The van der Waals surface area contributed by atoms with Crippen LogP contribution in [0.2, 0.25) is 0 Å². The van der Waals surface area contributed by atoms with Crippen LogP contribution in [-0.4, -0.2) is 84.1 Å². The van der Waals surface area contributed by atoms with E-state index in [1.54, 1.807) is 44.6 Å². The number of ether oxygens (including phenoxy) is 5. The lowest BCUT2D eigenvalue weighted by atomic mass is 9.79. The van der Waals surface area contributed by atoms with Gasteiger partial charge in [-0.1, -0.05) is 72.8 Å². The van der Waals surface area contributed by atoms with E-state index in [9.17, 15) is 14.9 Å². The van der Waals surface area contributed by atoms with Crippen LogP contribution < -0.4 is 20.5 Å². The number of nitrogens with zero attached hydrogens (tertiary/aromatic N) is 4. The van der Waals surface area contributed by atoms with Gasteiger partial charge in [-0.25, -0.2) is 9.46 Å². The summed E-state index contributed by atoms with van der Waals surface area (Å²) in [5.74, 6) is 1.04. The Morgan fingerprint density at radius 3 is 2.03 bits per heavy atom. The third-order valence-electron chi connectivity index (χ3n) is 10.9. The highest BCUT2D eigenvalue weighted by molar-refractivity contribution is 7.44. The highest BCUT2D eigenvalue weighted by Crippen LogP contribution is 2.56. The van der Waals surface area contributed by atoms with E-state index < -0.39 is 49.8 Å². The van der Waals surface area contributed by atoms with Crippen molar-refractivity contribution in [1.29, 1.82) is 5.26 Å². The lowest BCUT2D eigenvalue weighted by molar-refractivity contribution is -0.203. The van der Waals surface area contributed by atoms with Gasteiger partial charge in [-0.2, -0.15) is 10.2 Å². The minimum Gasteiger partial charge on any atom is -0.497 e. The summed E-state index contributed by atoms with van der Waals surface area (Å²) in [7, 11) is 1.45. The highest BCUT2D eigenvalue weighted by Gasteiger charge is 2.65. The van der Waals surface area contributed by atoms with E-state index in [1.165, 1.54) is 10.8 Å². The van der Waals surface area contributed by atoms with Gasteiger partial charge in [0.2, 0.25) is 0 Å². The summed E-state index contributed by atoms with van der Waals surface area (Å²) in [4.78, 5) is 31.1. The Morgan fingerprint density at radius 2 is 1.48 bits per heavy atom. The van der Waals surface area contributed by atoms with Gasteiger partial charge < -0.3 is 38.0 Å². The van der Waals surface area contributed by atoms with Crippen molar-refractivity contribution in [2.24, 2.45) is 0 Å². The molecule has 4 aromatic carbocycles. The van der Waals surface area contributed by atoms with Gasteiger partial charge in [-0.05, 0) is 86.8 Å². The van der Waals surface area contributed by atoms with Gasteiger partial charge in [0.25, 0.3) is 14.4 Å². The van der Waals surface area contributed by atoms with Crippen molar-refractivity contribution in [3.63, 3.8) is 0 Å². The van der Waals surface area contributed by atoms with Crippen LogP contribution in [0.25, 0.3) is 0 Å². The lowest BCUT2D eigenvalue weighted by Crippen LogP contribution is -2.49. The summed E-state index contributed by atoms with van der Waals surface area (Å²) in [6.07, 6.45) is -0.958. The van der Waals surface area contributed by atoms with E-state index in [1.807, 2.05) is 84.9 Å². The van der Waals surface area contributed by atoms with Crippen LogP contribution in [0.15, 0.2) is 126 Å². The minimum absolute atomic E-state index is 0.00780. The Balaban J connectivity index is 1.31. The number of benzene rings is 4. The maximum absolute atomic E-state index is 13.9. The zero-order valence-electron chi connectivity index (χ0n) is 35.7. The van der Waals surface area contributed by atoms with Crippen LogP contribution in [0.5, 0.6) is 11.5 Å². The molecule has 2 aliphatic rings. The molecule has 14 nitrogen and oxygen atoms in total. The molecule has 1 N–H and O–H groups in total. The molecular formula is C47H52N5O9P. The van der Waals surface area contributed by atoms with E-state index in [4.69, 9.17) is 32.7 Å². The summed E-state index contributed by atoms with van der Waals surface area (Å²) in [5.41, 5.74) is -0.286. The number of nitriles is 1. The average Bonchev–Trinajstić information content (AvgIpc) is 3.78. The molecular weight excluding hydrogens is 810 g/mol. The van der Waals surface area contributed by atoms with Crippen LogP contribution in [0, 0.1) is 11.3 Å². The van der Waals surface area contributed by atoms with E-state index in [2.05, 4.69) is 48.7 Å². The molecule has 0 spiro atoms. The summed E-state index contributed by atoms with van der Waals surface area (Å²) >= 11 is 0. The third-order valence-corrected chi connectivity index (χ3v) is 13.0. The number of methoxy groups -OCH3 is 2. The Bertz CT molecular complexity index is 2310. The Kier molecular flexibility index (Phi) is 14.2. The van der Waals surface area contributed by atoms with E-state index in [0.717, 1.165) is 16.7 Å². The summed E-state index contributed by atoms with van der Waals surface area (Å²) in [6, 6.07) is 37.8. The molecule has 1 aromatic heterocycles. The molecule has 324 valence electrons. The van der Waals surface area contributed by atoms with Crippen LogP contribution >= 0.6 is 8.53 Å². The number of hydrogen-bond donors (Lipinski definition) is 1. The van der Waals surface area contributed by atoms with Gasteiger partial charge in [-0.15, -0.1) is 0 Å². The van der Waals surface area contributed by atoms with Crippen molar-refractivity contribution in [3.05, 3.63) is 154 Å². The van der Waals surface area contributed by atoms with Crippen LogP contribution in [0.3, 0.4) is 0 Å². The monoisotopic (exact) mass is 861 g/mol. The van der Waals surface area contributed by atoms with Crippen molar-refractivity contribution in [1.82, 2.24) is 14.2 Å². The van der Waals surface area contributed by atoms with Crippen molar-refractivity contribution in [2.75, 3.05) is 39.4 Å². The molecule has 2 saturated heterocycles. The van der Waals surface area contributed by atoms with Crippen LogP contribution in [-0.2, 0) is 28.9 Å². The SMILES string of the molecule is COc1ccc(C(OC[C@@]23CO[C@@H](C(n4ccc(NC(=O)c5ccccc5)nc4=O)O2)[C@@H]3OP(OCCC#N)N(C(C)C)C(C)C)(c2ccccc2)c2ccc(OC)cc2)cc1. The van der Waals surface area contributed by atoms with Gasteiger partial charge in [0.15, 0.2) is 6.23 Å². The molecule has 5 atom stereocenters. The minimum atomic E-state index is -1.80. The molecule has 2 fully saturated rings. The number of hydrogen-bond acceptors (Lipinski definition) is 12. The van der Waals surface area contributed by atoms with Crippen molar-refractivity contribution in [3.8, 4) is 17.6 Å². The molecule has 1 amide bonds. The van der Waals surface area contributed by atoms with Gasteiger partial charge in [0, 0.05) is 23.8 Å². The molecule has 0 saturated carbocycles. The Hall–Kier alpha value is -5.49. The quantitative estimate of drug-likeness (QED) is 0.0488. The number of anilines is 1. The number of carbonyl (C=O) groups excluding carboxylic acids is 1. The number of carbonyl (C=O) groups is 1. The van der Waals surface area contributed by atoms with Crippen molar-refractivity contribution < 1.29 is 37.5 Å². The van der Waals surface area contributed by atoms with E-state index in [-0.39, 0.29) is 44.1 Å². The second-order valence-corrected chi connectivity index (χ2v) is 16.9. The average molecular weight is 862 g/mol. The second kappa shape index (κ2) is 19.7. The molecule has 2 bridgehead atoms. The number of nitrogens with one attached hydrogen (secondary N) is 1. The summed E-state index contributed by atoms with van der Waals surface area (Å²) in [6.45, 7) is 8.38. The smallest absolute Gasteiger partial charge is 0.351 e. The first-order chi connectivity index (χ1) is 30.0. The highest BCUT2D eigenvalue weighted by atomic mass is 31.2. The standard InChI is InChI=1S/C47H52N5O9P/c1-32(2)52(33(3)4)62(59-29-13-27-48)61-42-41-44(51-28-26-40(50-45(51)54)49-43(53)34-14-9-7-10-15-34)60-46(42,30-57-41)31-58-47(35-16-11-8-12-17-35,36-18-22-38(55-5)23-19-36)37-20-24-39(56-6)25-21-37/h7-12,14-26,28,32-33,41-42,44H,13,29-31H2,1-6H3,(H,49,50,53,54)/t41-,42+,44?,46-,62?/m1/s1.